The van der Waals surface area contributed by atoms with Crippen molar-refractivity contribution in [2.45, 2.75) is 45.9 Å². The largest absolute Gasteiger partial charge is 0.491 e. The van der Waals surface area contributed by atoms with Gasteiger partial charge in [-0.05, 0) is 25.0 Å². The maximum Gasteiger partial charge on any atom is 0.257 e. The van der Waals surface area contributed by atoms with Crippen LogP contribution in [0.25, 0.3) is 0 Å². The Kier molecular flexibility index (Phi) is 8.95. The van der Waals surface area contributed by atoms with Gasteiger partial charge in [0.15, 0.2) is 0 Å². The monoisotopic (exact) mass is 469 g/mol. The average molecular weight is 470 g/mol. The number of hydrogen-bond acceptors (Lipinski definition) is 7. The van der Waals surface area contributed by atoms with E-state index < -0.39 is 0 Å². The van der Waals surface area contributed by atoms with Crippen LogP contribution in [0.2, 0.25) is 0 Å². The van der Waals surface area contributed by atoms with Crippen LogP contribution in [-0.2, 0) is 16.1 Å². The van der Waals surface area contributed by atoms with Crippen LogP contribution in [0.5, 0.6) is 5.75 Å². The molecule has 3 rings (SSSR count). The number of ether oxygens (including phenoxy) is 2. The third-order valence-corrected chi connectivity index (χ3v) is 6.18. The number of rotatable bonds is 5. The number of carbonyl (C=O) groups excluding carboxylic acids is 2. The van der Waals surface area contributed by atoms with Crippen molar-refractivity contribution in [3.63, 3.8) is 0 Å². The zero-order valence-electron chi connectivity index (χ0n) is 20.7. The third kappa shape index (κ3) is 6.51. The molecule has 9 nitrogen and oxygen atoms in total. The normalized spacial score (nSPS) is 22.2. The fraction of sp³-hybridized carbons (Fsp3) is 0.520. The Morgan fingerprint density at radius 3 is 2.65 bits per heavy atom. The summed E-state index contributed by atoms with van der Waals surface area (Å²) in [5.74, 6) is 0.364. The molecule has 2 amide bonds. The van der Waals surface area contributed by atoms with Crippen LogP contribution in [0, 0.1) is 5.92 Å². The Hall–Kier alpha value is -3.04. The van der Waals surface area contributed by atoms with Crippen molar-refractivity contribution in [3.05, 3.63) is 48.0 Å². The van der Waals surface area contributed by atoms with Gasteiger partial charge in [0.2, 0.25) is 5.91 Å². The summed E-state index contributed by atoms with van der Waals surface area (Å²) in [6.07, 6.45) is 5.39. The van der Waals surface area contributed by atoms with Gasteiger partial charge in [-0.3, -0.25) is 14.5 Å². The minimum atomic E-state index is -0.149. The van der Waals surface area contributed by atoms with E-state index in [1.165, 1.54) is 6.33 Å². The Bertz CT molecular complexity index is 971. The Labute approximate surface area is 201 Å². The number of nitrogens with zero attached hydrogens (tertiary/aromatic N) is 4. The lowest BCUT2D eigenvalue weighted by Gasteiger charge is -2.36. The second-order valence-electron chi connectivity index (χ2n) is 8.89. The fourth-order valence-corrected chi connectivity index (χ4v) is 4.04. The van der Waals surface area contributed by atoms with Crippen molar-refractivity contribution in [1.29, 1.82) is 0 Å². The maximum atomic E-state index is 13.3. The third-order valence-electron chi connectivity index (χ3n) is 6.18. The highest BCUT2D eigenvalue weighted by Crippen LogP contribution is 2.27. The van der Waals surface area contributed by atoms with Crippen LogP contribution in [0.15, 0.2) is 36.9 Å². The quantitative estimate of drug-likeness (QED) is 0.719. The van der Waals surface area contributed by atoms with E-state index in [2.05, 4.69) is 34.0 Å². The fourth-order valence-electron chi connectivity index (χ4n) is 4.04. The second kappa shape index (κ2) is 11.9. The summed E-state index contributed by atoms with van der Waals surface area (Å²) in [4.78, 5) is 37.4. The molecule has 3 atom stereocenters. The molecule has 184 valence electrons. The van der Waals surface area contributed by atoms with Crippen LogP contribution >= 0.6 is 0 Å². The van der Waals surface area contributed by atoms with E-state index >= 15 is 0 Å². The number of nitrogens with one attached hydrogen (secondary N) is 1. The van der Waals surface area contributed by atoms with Gasteiger partial charge >= 0.3 is 0 Å². The highest BCUT2D eigenvalue weighted by molar-refractivity contribution is 5.98. The molecule has 1 aliphatic heterocycles. The maximum absolute atomic E-state index is 13.3. The van der Waals surface area contributed by atoms with E-state index in [4.69, 9.17) is 9.47 Å². The van der Waals surface area contributed by atoms with Gasteiger partial charge in [0.1, 0.15) is 18.7 Å². The standard InChI is InChI=1S/C25H35N5O4/c1-6-24(31)28-20-7-8-21-22(9-20)34-15-18(3)30(13-19-10-26-16-27-11-19)12-17(2)23(33-5)14-29(4)25(21)32/h7-11,16-18,23H,6,12-15H2,1-5H3,(H,28,31)/t17-,18-,23-/m0/s1. The number of fused-ring (bicyclic) bond motifs is 1. The Morgan fingerprint density at radius 1 is 1.24 bits per heavy atom. The summed E-state index contributed by atoms with van der Waals surface area (Å²) in [7, 11) is 3.45. The van der Waals surface area contributed by atoms with Gasteiger partial charge < -0.3 is 19.7 Å². The van der Waals surface area contributed by atoms with Gasteiger partial charge in [0.05, 0.1) is 11.7 Å². The van der Waals surface area contributed by atoms with Gasteiger partial charge in [-0.2, -0.15) is 0 Å². The minimum Gasteiger partial charge on any atom is -0.491 e. The van der Waals surface area contributed by atoms with E-state index in [1.807, 2.05) is 12.4 Å². The van der Waals surface area contributed by atoms with E-state index in [-0.39, 0.29) is 29.9 Å². The molecule has 0 unspecified atom stereocenters. The lowest BCUT2D eigenvalue weighted by molar-refractivity contribution is -0.115. The van der Waals surface area contributed by atoms with Crippen LogP contribution < -0.4 is 10.1 Å². The molecular formula is C25H35N5O4. The number of methoxy groups -OCH3 is 1. The van der Waals surface area contributed by atoms with Gasteiger partial charge in [-0.1, -0.05) is 13.8 Å². The molecule has 34 heavy (non-hydrogen) atoms. The van der Waals surface area contributed by atoms with Crippen LogP contribution in [0.1, 0.15) is 43.1 Å². The van der Waals surface area contributed by atoms with Gasteiger partial charge in [0, 0.05) is 76.0 Å². The first kappa shape index (κ1) is 25.6. The predicted molar refractivity (Wildman–Crippen MR) is 130 cm³/mol. The topological polar surface area (TPSA) is 96.9 Å². The Morgan fingerprint density at radius 2 is 1.97 bits per heavy atom. The summed E-state index contributed by atoms with van der Waals surface area (Å²) in [5, 5.41) is 2.84. The molecule has 2 heterocycles. The molecule has 0 aliphatic carbocycles. The summed E-state index contributed by atoms with van der Waals surface area (Å²) in [6.45, 7) is 8.25. The molecule has 0 saturated carbocycles. The first-order valence-corrected chi connectivity index (χ1v) is 11.6. The first-order valence-electron chi connectivity index (χ1n) is 11.6. The number of hydrogen-bond donors (Lipinski definition) is 1. The van der Waals surface area contributed by atoms with E-state index in [1.54, 1.807) is 44.2 Å². The van der Waals surface area contributed by atoms with Gasteiger partial charge in [-0.15, -0.1) is 0 Å². The number of benzene rings is 1. The van der Waals surface area contributed by atoms with E-state index in [0.717, 1.165) is 12.1 Å². The molecule has 0 saturated heterocycles. The lowest BCUT2D eigenvalue weighted by Crippen LogP contribution is -2.46. The molecule has 1 aromatic carbocycles. The van der Waals surface area contributed by atoms with E-state index in [9.17, 15) is 9.59 Å². The number of likely N-dealkylation sites (N-methyl/N-ethyl adjacent to an activating group) is 1. The number of amides is 2. The zero-order valence-corrected chi connectivity index (χ0v) is 20.7. The minimum absolute atomic E-state index is 0.0363. The molecule has 1 N–H and O–H groups in total. The second-order valence-corrected chi connectivity index (χ2v) is 8.89. The summed E-state index contributed by atoms with van der Waals surface area (Å²) in [5.41, 5.74) is 2.07. The van der Waals surface area contributed by atoms with Crippen molar-refractivity contribution in [2.75, 3.05) is 39.2 Å². The van der Waals surface area contributed by atoms with Crippen molar-refractivity contribution >= 4 is 17.5 Å². The molecule has 9 heteroatoms. The highest BCUT2D eigenvalue weighted by atomic mass is 16.5. The summed E-state index contributed by atoms with van der Waals surface area (Å²) < 4.78 is 12.0. The molecule has 1 aliphatic rings. The zero-order chi connectivity index (χ0) is 24.7. The summed E-state index contributed by atoms with van der Waals surface area (Å²) in [6, 6.07) is 5.20. The summed E-state index contributed by atoms with van der Waals surface area (Å²) >= 11 is 0. The number of anilines is 1. The molecule has 1 aromatic heterocycles. The molecule has 0 bridgehead atoms. The SMILES string of the molecule is CCC(=O)Nc1ccc2c(c1)OC[C@H](C)N(Cc1cncnc1)C[C@H](C)[C@@H](OC)CN(C)C2=O. The molecule has 0 fully saturated rings. The lowest BCUT2D eigenvalue weighted by atomic mass is 10.0. The molecule has 0 radical (unpaired) electrons. The predicted octanol–water partition coefficient (Wildman–Crippen LogP) is 2.83. The smallest absolute Gasteiger partial charge is 0.257 e. The molecule has 0 spiro atoms. The molecular weight excluding hydrogens is 434 g/mol. The van der Waals surface area contributed by atoms with E-state index in [0.29, 0.717) is 43.1 Å². The average Bonchev–Trinajstić information content (AvgIpc) is 2.84. The van der Waals surface area contributed by atoms with Crippen LogP contribution in [0.4, 0.5) is 5.69 Å². The number of carbonyl (C=O) groups is 2. The van der Waals surface area contributed by atoms with Crippen LogP contribution in [-0.4, -0.2) is 77.6 Å². The van der Waals surface area contributed by atoms with Crippen molar-refractivity contribution in [2.24, 2.45) is 5.92 Å². The van der Waals surface area contributed by atoms with Crippen molar-refractivity contribution < 1.29 is 19.1 Å². The van der Waals surface area contributed by atoms with Gasteiger partial charge in [0.25, 0.3) is 5.91 Å². The van der Waals surface area contributed by atoms with Crippen molar-refractivity contribution in [3.8, 4) is 5.75 Å². The highest BCUT2D eigenvalue weighted by Gasteiger charge is 2.28. The van der Waals surface area contributed by atoms with Crippen LogP contribution in [0.3, 0.4) is 0 Å². The molecule has 2 aromatic rings. The van der Waals surface area contributed by atoms with Gasteiger partial charge in [-0.25, -0.2) is 9.97 Å². The first-order chi connectivity index (χ1) is 16.3. The number of aromatic nitrogens is 2. The Balaban J connectivity index is 1.94. The van der Waals surface area contributed by atoms with Crippen molar-refractivity contribution in [1.82, 2.24) is 19.8 Å².